The Morgan fingerprint density at radius 3 is 2.16 bits per heavy atom. The van der Waals surface area contributed by atoms with E-state index >= 15 is 0 Å². The molecule has 2 heterocycles. The molecule has 4 rings (SSSR count). The number of carbonyl (C=O) groups is 2. The van der Waals surface area contributed by atoms with E-state index in [0.29, 0.717) is 19.6 Å². The van der Waals surface area contributed by atoms with Crippen molar-refractivity contribution < 1.29 is 9.59 Å². The van der Waals surface area contributed by atoms with Crippen molar-refractivity contribution in [3.05, 3.63) is 112 Å². The van der Waals surface area contributed by atoms with Crippen LogP contribution in [0, 0.1) is 0 Å². The SMILES string of the molecule is CC(C)n1cc(C(=O)NCc2ccccc2)c(=O)c(C(=O)N2CCN(CC=Cc3ccccc3)CC2)c1. The third-order valence-electron chi connectivity index (χ3n) is 6.55. The first-order valence-electron chi connectivity index (χ1n) is 12.7. The van der Waals surface area contributed by atoms with Gasteiger partial charge in [0, 0.05) is 57.7 Å². The van der Waals surface area contributed by atoms with Crippen molar-refractivity contribution in [1.29, 1.82) is 0 Å². The highest BCUT2D eigenvalue weighted by molar-refractivity contribution is 5.99. The molecule has 2 aromatic carbocycles. The van der Waals surface area contributed by atoms with Gasteiger partial charge in [0.15, 0.2) is 0 Å². The van der Waals surface area contributed by atoms with Gasteiger partial charge in [-0.2, -0.15) is 0 Å². The second-order valence-electron chi connectivity index (χ2n) is 9.53. The molecule has 0 bridgehead atoms. The van der Waals surface area contributed by atoms with Crippen molar-refractivity contribution >= 4 is 17.9 Å². The van der Waals surface area contributed by atoms with Crippen molar-refractivity contribution in [3.63, 3.8) is 0 Å². The third kappa shape index (κ3) is 6.83. The summed E-state index contributed by atoms with van der Waals surface area (Å²) in [5.41, 5.74) is 1.59. The van der Waals surface area contributed by atoms with Crippen LogP contribution in [0.5, 0.6) is 0 Å². The summed E-state index contributed by atoms with van der Waals surface area (Å²) >= 11 is 0. The first kappa shape index (κ1) is 26.1. The molecule has 0 saturated carbocycles. The quantitative estimate of drug-likeness (QED) is 0.512. The molecule has 1 N–H and O–H groups in total. The number of pyridine rings is 1. The van der Waals surface area contributed by atoms with Crippen molar-refractivity contribution in [2.75, 3.05) is 32.7 Å². The third-order valence-corrected chi connectivity index (χ3v) is 6.55. The number of aromatic nitrogens is 1. The second-order valence-corrected chi connectivity index (χ2v) is 9.53. The maximum Gasteiger partial charge on any atom is 0.259 e. The number of nitrogens with one attached hydrogen (secondary N) is 1. The summed E-state index contributed by atoms with van der Waals surface area (Å²) in [4.78, 5) is 43.6. The number of amides is 2. The number of benzene rings is 2. The Hall–Kier alpha value is -3.97. The lowest BCUT2D eigenvalue weighted by atomic mass is 10.1. The van der Waals surface area contributed by atoms with E-state index < -0.39 is 11.3 Å². The minimum absolute atomic E-state index is 0.0129. The molecule has 3 aromatic rings. The lowest BCUT2D eigenvalue weighted by Crippen LogP contribution is -2.49. The Kier molecular flexibility index (Phi) is 8.69. The molecule has 1 aliphatic rings. The van der Waals surface area contributed by atoms with E-state index in [2.05, 4.69) is 34.5 Å². The van der Waals surface area contributed by atoms with Crippen LogP contribution in [0.1, 0.15) is 51.7 Å². The lowest BCUT2D eigenvalue weighted by molar-refractivity contribution is 0.0648. The molecule has 0 radical (unpaired) electrons. The van der Waals surface area contributed by atoms with E-state index in [1.165, 1.54) is 0 Å². The molecular weight excluding hydrogens is 464 g/mol. The molecule has 0 aliphatic carbocycles. The molecule has 1 saturated heterocycles. The van der Waals surface area contributed by atoms with Crippen LogP contribution in [-0.2, 0) is 6.54 Å². The molecule has 1 aliphatic heterocycles. The molecule has 1 aromatic heterocycles. The van der Waals surface area contributed by atoms with E-state index in [4.69, 9.17) is 0 Å². The van der Waals surface area contributed by atoms with Gasteiger partial charge >= 0.3 is 0 Å². The predicted molar refractivity (Wildman–Crippen MR) is 147 cm³/mol. The number of carbonyl (C=O) groups excluding carboxylic acids is 2. The van der Waals surface area contributed by atoms with Gasteiger partial charge in [0.2, 0.25) is 5.43 Å². The van der Waals surface area contributed by atoms with E-state index in [-0.39, 0.29) is 23.1 Å². The first-order chi connectivity index (χ1) is 17.9. The van der Waals surface area contributed by atoms with Crippen LogP contribution in [0.3, 0.4) is 0 Å². The summed E-state index contributed by atoms with van der Waals surface area (Å²) in [6, 6.07) is 19.6. The molecule has 37 heavy (non-hydrogen) atoms. The average molecular weight is 499 g/mol. The highest BCUT2D eigenvalue weighted by Crippen LogP contribution is 2.12. The fourth-order valence-electron chi connectivity index (χ4n) is 4.29. The van der Waals surface area contributed by atoms with Crippen molar-refractivity contribution in [2.45, 2.75) is 26.4 Å². The summed E-state index contributed by atoms with van der Waals surface area (Å²) < 4.78 is 1.76. The van der Waals surface area contributed by atoms with Gasteiger partial charge in [0.05, 0.1) is 0 Å². The van der Waals surface area contributed by atoms with Gasteiger partial charge in [-0.25, -0.2) is 0 Å². The number of piperazine rings is 1. The maximum absolute atomic E-state index is 13.4. The summed E-state index contributed by atoms with van der Waals surface area (Å²) in [6.45, 7) is 7.51. The fourth-order valence-corrected chi connectivity index (χ4v) is 4.29. The van der Waals surface area contributed by atoms with Gasteiger partial charge in [-0.3, -0.25) is 19.3 Å². The van der Waals surface area contributed by atoms with Crippen LogP contribution in [-0.4, -0.2) is 58.9 Å². The van der Waals surface area contributed by atoms with Crippen LogP contribution in [0.25, 0.3) is 6.08 Å². The fraction of sp³-hybridized carbons (Fsp3) is 0.300. The summed E-state index contributed by atoms with van der Waals surface area (Å²) in [7, 11) is 0. The largest absolute Gasteiger partial charge is 0.350 e. The van der Waals surface area contributed by atoms with Gasteiger partial charge in [-0.15, -0.1) is 0 Å². The Balaban J connectivity index is 1.43. The molecule has 7 nitrogen and oxygen atoms in total. The molecule has 1 fully saturated rings. The van der Waals surface area contributed by atoms with Crippen molar-refractivity contribution in [3.8, 4) is 0 Å². The Labute approximate surface area is 218 Å². The van der Waals surface area contributed by atoms with Gasteiger partial charge in [0.1, 0.15) is 11.1 Å². The summed E-state index contributed by atoms with van der Waals surface area (Å²) in [6.07, 6.45) is 7.35. The Morgan fingerprint density at radius 1 is 0.892 bits per heavy atom. The van der Waals surface area contributed by atoms with Gasteiger partial charge in [-0.05, 0) is 25.0 Å². The Morgan fingerprint density at radius 2 is 1.51 bits per heavy atom. The minimum Gasteiger partial charge on any atom is -0.350 e. The zero-order valence-electron chi connectivity index (χ0n) is 21.5. The normalized spacial score (nSPS) is 14.3. The zero-order valence-corrected chi connectivity index (χ0v) is 21.5. The van der Waals surface area contributed by atoms with E-state index in [0.717, 1.165) is 30.8 Å². The van der Waals surface area contributed by atoms with Crippen LogP contribution in [0.2, 0.25) is 0 Å². The molecule has 0 atom stereocenters. The second kappa shape index (κ2) is 12.3. The number of hydrogen-bond donors (Lipinski definition) is 1. The predicted octanol–water partition coefficient (Wildman–Crippen LogP) is 3.83. The number of rotatable bonds is 8. The first-order valence-corrected chi connectivity index (χ1v) is 12.7. The average Bonchev–Trinajstić information content (AvgIpc) is 2.93. The van der Waals surface area contributed by atoms with Crippen molar-refractivity contribution in [1.82, 2.24) is 19.7 Å². The molecule has 7 heteroatoms. The molecule has 0 spiro atoms. The molecule has 192 valence electrons. The smallest absolute Gasteiger partial charge is 0.259 e. The van der Waals surface area contributed by atoms with Crippen LogP contribution in [0.15, 0.2) is 83.9 Å². The van der Waals surface area contributed by atoms with Crippen LogP contribution >= 0.6 is 0 Å². The molecule has 0 unspecified atom stereocenters. The maximum atomic E-state index is 13.4. The van der Waals surface area contributed by atoms with Crippen LogP contribution in [0.4, 0.5) is 0 Å². The van der Waals surface area contributed by atoms with E-state index in [1.807, 2.05) is 62.4 Å². The summed E-state index contributed by atoms with van der Waals surface area (Å²) in [5.74, 6) is -0.801. The highest BCUT2D eigenvalue weighted by Gasteiger charge is 2.26. The Bertz CT molecular complexity index is 1290. The van der Waals surface area contributed by atoms with Crippen molar-refractivity contribution in [2.24, 2.45) is 0 Å². The zero-order chi connectivity index (χ0) is 26.2. The molecular formula is C30H34N4O3. The topological polar surface area (TPSA) is 74.6 Å². The van der Waals surface area contributed by atoms with Crippen LogP contribution < -0.4 is 10.7 Å². The van der Waals surface area contributed by atoms with Gasteiger partial charge < -0.3 is 14.8 Å². The highest BCUT2D eigenvalue weighted by atomic mass is 16.2. The standard InChI is InChI=1S/C30H34N4O3/c1-23(2)34-21-26(29(36)31-20-25-12-7-4-8-13-25)28(35)27(22-34)30(37)33-18-16-32(17-19-33)15-9-14-24-10-5-3-6-11-24/h3-14,21-23H,15-20H2,1-2H3,(H,31,36). The number of nitrogens with zero attached hydrogens (tertiary/aromatic N) is 3. The van der Waals surface area contributed by atoms with E-state index in [9.17, 15) is 14.4 Å². The summed E-state index contributed by atoms with van der Waals surface area (Å²) in [5, 5.41) is 2.81. The monoisotopic (exact) mass is 498 g/mol. The minimum atomic E-state index is -0.527. The van der Waals surface area contributed by atoms with E-state index in [1.54, 1.807) is 21.9 Å². The number of hydrogen-bond acceptors (Lipinski definition) is 4. The lowest BCUT2D eigenvalue weighted by Gasteiger charge is -2.34. The van der Waals surface area contributed by atoms with Gasteiger partial charge in [-0.1, -0.05) is 72.8 Å². The molecule has 2 amide bonds. The van der Waals surface area contributed by atoms with Gasteiger partial charge in [0.25, 0.3) is 11.8 Å².